The average molecular weight is 441 g/mol. The van der Waals surface area contributed by atoms with Crippen LogP contribution >= 0.6 is 24.0 Å². The Balaban J connectivity index is 1.62. The molecule has 0 aliphatic carbocycles. The molecule has 1 heterocycles. The molecule has 2 aromatic rings. The van der Waals surface area contributed by atoms with Gasteiger partial charge in [0.05, 0.1) is 16.2 Å². The second-order valence-electron chi connectivity index (χ2n) is 6.58. The molecule has 2 N–H and O–H groups in total. The number of thiocarbonyl (C=S) groups is 1. The van der Waals surface area contributed by atoms with Gasteiger partial charge in [-0.15, -0.1) is 0 Å². The summed E-state index contributed by atoms with van der Waals surface area (Å²) in [5.74, 6) is -1.75. The van der Waals surface area contributed by atoms with Crippen molar-refractivity contribution >= 4 is 57.8 Å². The van der Waals surface area contributed by atoms with Crippen LogP contribution in [0.2, 0.25) is 0 Å². The van der Waals surface area contributed by atoms with Gasteiger partial charge in [-0.3, -0.25) is 14.5 Å². The maximum atomic E-state index is 12.7. The van der Waals surface area contributed by atoms with E-state index in [1.165, 1.54) is 34.4 Å². The molecule has 1 fully saturated rings. The number of hydrogen-bond donors (Lipinski definition) is 2. The van der Waals surface area contributed by atoms with E-state index < -0.39 is 11.9 Å². The first-order chi connectivity index (χ1) is 14.4. The molecule has 0 aromatic heterocycles. The van der Waals surface area contributed by atoms with Gasteiger partial charge in [-0.2, -0.15) is 0 Å². The van der Waals surface area contributed by atoms with Crippen LogP contribution in [0.1, 0.15) is 34.8 Å². The molecule has 0 radical (unpaired) electrons. The molecule has 2 amide bonds. The highest BCUT2D eigenvalue weighted by Crippen LogP contribution is 2.32. The van der Waals surface area contributed by atoms with E-state index >= 15 is 0 Å². The largest absolute Gasteiger partial charge is 0.478 e. The van der Waals surface area contributed by atoms with Crippen LogP contribution in [0.5, 0.6) is 0 Å². The summed E-state index contributed by atoms with van der Waals surface area (Å²) in [5.41, 5.74) is 2.36. The first-order valence-corrected chi connectivity index (χ1v) is 10.6. The highest BCUT2D eigenvalue weighted by molar-refractivity contribution is 8.26. The summed E-state index contributed by atoms with van der Waals surface area (Å²) >= 11 is 6.51. The Labute approximate surface area is 184 Å². The number of aryl methyl sites for hydroxylation is 1. The van der Waals surface area contributed by atoms with Gasteiger partial charge in [-0.1, -0.05) is 67.3 Å². The molecule has 0 saturated carbocycles. The van der Waals surface area contributed by atoms with Crippen molar-refractivity contribution in [1.82, 2.24) is 4.90 Å². The van der Waals surface area contributed by atoms with Crippen molar-refractivity contribution in [3.8, 4) is 0 Å². The van der Waals surface area contributed by atoms with Gasteiger partial charge < -0.3 is 10.4 Å². The van der Waals surface area contributed by atoms with E-state index in [1.54, 1.807) is 18.2 Å². The Morgan fingerprint density at radius 1 is 1.17 bits per heavy atom. The second-order valence-corrected chi connectivity index (χ2v) is 8.25. The summed E-state index contributed by atoms with van der Waals surface area (Å²) in [4.78, 5) is 38.1. The van der Waals surface area contributed by atoms with Crippen molar-refractivity contribution in [3.63, 3.8) is 0 Å². The van der Waals surface area contributed by atoms with Gasteiger partial charge in [0, 0.05) is 13.0 Å². The molecule has 8 heteroatoms. The third-order valence-electron chi connectivity index (χ3n) is 4.55. The SMILES string of the molecule is CCc1ccc(/C=C2/SC(=S)N(CCC(=O)Nc3ccccc3C(=O)O)C2=O)cc1. The lowest BCUT2D eigenvalue weighted by Crippen LogP contribution is -2.31. The van der Waals surface area contributed by atoms with E-state index in [2.05, 4.69) is 12.2 Å². The van der Waals surface area contributed by atoms with Crippen LogP contribution in [0.25, 0.3) is 6.08 Å². The summed E-state index contributed by atoms with van der Waals surface area (Å²) in [6, 6.07) is 14.1. The molecule has 30 heavy (non-hydrogen) atoms. The minimum Gasteiger partial charge on any atom is -0.478 e. The number of carbonyl (C=O) groups is 3. The average Bonchev–Trinajstić information content (AvgIpc) is 2.99. The lowest BCUT2D eigenvalue weighted by Gasteiger charge is -2.14. The first kappa shape index (κ1) is 21.7. The summed E-state index contributed by atoms with van der Waals surface area (Å²) in [7, 11) is 0. The Hall–Kier alpha value is -2.97. The molecule has 1 aliphatic heterocycles. The standard InChI is InChI=1S/C22H20N2O4S2/c1-2-14-7-9-15(10-8-14)13-18-20(26)24(22(29)30-18)12-11-19(25)23-17-6-4-3-5-16(17)21(27)28/h3-10,13H,2,11-12H2,1H3,(H,23,25)(H,27,28)/b18-13+. The number of nitrogens with one attached hydrogen (secondary N) is 1. The molecule has 154 valence electrons. The third-order valence-corrected chi connectivity index (χ3v) is 5.93. The van der Waals surface area contributed by atoms with E-state index in [4.69, 9.17) is 12.2 Å². The van der Waals surface area contributed by atoms with Crippen molar-refractivity contribution in [2.75, 3.05) is 11.9 Å². The quantitative estimate of drug-likeness (QED) is 0.496. The van der Waals surface area contributed by atoms with E-state index in [0.717, 1.165) is 12.0 Å². The third kappa shape index (κ3) is 5.14. The Morgan fingerprint density at radius 2 is 1.87 bits per heavy atom. The minimum absolute atomic E-state index is 0.00112. The van der Waals surface area contributed by atoms with Gasteiger partial charge in [-0.05, 0) is 35.8 Å². The fourth-order valence-electron chi connectivity index (χ4n) is 2.90. The number of thioether (sulfide) groups is 1. The topological polar surface area (TPSA) is 86.7 Å². The number of carboxylic acids is 1. The highest BCUT2D eigenvalue weighted by Gasteiger charge is 2.32. The van der Waals surface area contributed by atoms with Gasteiger partial charge >= 0.3 is 5.97 Å². The lowest BCUT2D eigenvalue weighted by atomic mass is 10.1. The minimum atomic E-state index is -1.13. The van der Waals surface area contributed by atoms with Gasteiger partial charge in [0.25, 0.3) is 5.91 Å². The van der Waals surface area contributed by atoms with E-state index in [-0.39, 0.29) is 30.1 Å². The Morgan fingerprint density at radius 3 is 2.53 bits per heavy atom. The van der Waals surface area contributed by atoms with Crippen molar-refractivity contribution in [1.29, 1.82) is 0 Å². The van der Waals surface area contributed by atoms with Crippen LogP contribution < -0.4 is 5.32 Å². The number of carboxylic acid groups (broad SMARTS) is 1. The molecular weight excluding hydrogens is 420 g/mol. The van der Waals surface area contributed by atoms with Gasteiger partial charge in [-0.25, -0.2) is 4.79 Å². The molecule has 6 nitrogen and oxygen atoms in total. The molecule has 1 aliphatic rings. The maximum absolute atomic E-state index is 12.7. The highest BCUT2D eigenvalue weighted by atomic mass is 32.2. The smallest absolute Gasteiger partial charge is 0.337 e. The van der Waals surface area contributed by atoms with Gasteiger partial charge in [0.2, 0.25) is 5.91 Å². The van der Waals surface area contributed by atoms with Crippen LogP contribution in [0.3, 0.4) is 0 Å². The summed E-state index contributed by atoms with van der Waals surface area (Å²) in [6.07, 6.45) is 2.74. The van der Waals surface area contributed by atoms with Crippen LogP contribution in [-0.4, -0.2) is 38.7 Å². The summed E-state index contributed by atoms with van der Waals surface area (Å²) in [6.45, 7) is 2.20. The summed E-state index contributed by atoms with van der Waals surface area (Å²) < 4.78 is 0.398. The molecule has 0 spiro atoms. The van der Waals surface area contributed by atoms with E-state index in [0.29, 0.717) is 9.23 Å². The van der Waals surface area contributed by atoms with Gasteiger partial charge in [0.15, 0.2) is 0 Å². The molecule has 0 bridgehead atoms. The lowest BCUT2D eigenvalue weighted by molar-refractivity contribution is -0.122. The van der Waals surface area contributed by atoms with Crippen LogP contribution in [0.4, 0.5) is 5.69 Å². The van der Waals surface area contributed by atoms with E-state index in [1.807, 2.05) is 24.3 Å². The monoisotopic (exact) mass is 440 g/mol. The Bertz CT molecular complexity index is 1030. The predicted octanol–water partition coefficient (Wildman–Crippen LogP) is 4.18. The van der Waals surface area contributed by atoms with Crippen LogP contribution in [0.15, 0.2) is 53.4 Å². The number of aromatic carboxylic acids is 1. The fourth-order valence-corrected chi connectivity index (χ4v) is 4.21. The van der Waals surface area contributed by atoms with Crippen molar-refractivity contribution in [2.24, 2.45) is 0 Å². The van der Waals surface area contributed by atoms with E-state index in [9.17, 15) is 19.5 Å². The van der Waals surface area contributed by atoms with Crippen molar-refractivity contribution < 1.29 is 19.5 Å². The molecule has 3 rings (SSSR count). The van der Waals surface area contributed by atoms with Crippen LogP contribution in [0, 0.1) is 0 Å². The predicted molar refractivity (Wildman–Crippen MR) is 122 cm³/mol. The molecule has 1 saturated heterocycles. The zero-order valence-electron chi connectivity index (χ0n) is 16.3. The van der Waals surface area contributed by atoms with Crippen molar-refractivity contribution in [3.05, 3.63) is 70.1 Å². The second kappa shape index (κ2) is 9.69. The van der Waals surface area contributed by atoms with Crippen LogP contribution in [-0.2, 0) is 16.0 Å². The van der Waals surface area contributed by atoms with Crippen molar-refractivity contribution in [2.45, 2.75) is 19.8 Å². The fraction of sp³-hybridized carbons (Fsp3) is 0.182. The number of benzene rings is 2. The molecular formula is C22H20N2O4S2. The zero-order chi connectivity index (χ0) is 21.7. The Kier molecular flexibility index (Phi) is 7.02. The zero-order valence-corrected chi connectivity index (χ0v) is 17.9. The number of para-hydroxylation sites is 1. The summed E-state index contributed by atoms with van der Waals surface area (Å²) in [5, 5.41) is 11.8. The van der Waals surface area contributed by atoms with Gasteiger partial charge in [0.1, 0.15) is 4.32 Å². The number of nitrogens with zero attached hydrogens (tertiary/aromatic N) is 1. The molecule has 0 atom stereocenters. The molecule has 0 unspecified atom stereocenters. The number of rotatable bonds is 7. The first-order valence-electron chi connectivity index (χ1n) is 9.35. The maximum Gasteiger partial charge on any atom is 0.337 e. The number of hydrogen-bond acceptors (Lipinski definition) is 5. The number of carbonyl (C=O) groups excluding carboxylic acids is 2. The normalized spacial score (nSPS) is 15.0. The number of amides is 2. The molecule has 2 aromatic carbocycles. The number of anilines is 1.